The predicted octanol–water partition coefficient (Wildman–Crippen LogP) is 1.07. The molecule has 2 aliphatic carbocycles. The molecule has 0 aromatic carbocycles. The van der Waals surface area contributed by atoms with Crippen molar-refractivity contribution in [2.45, 2.75) is 19.8 Å². The molecule has 0 aromatic rings. The van der Waals surface area contributed by atoms with E-state index >= 15 is 0 Å². The van der Waals surface area contributed by atoms with Crippen LogP contribution >= 0.6 is 0 Å². The fourth-order valence-electron chi connectivity index (χ4n) is 1.87. The van der Waals surface area contributed by atoms with Crippen molar-refractivity contribution in [3.05, 3.63) is 43.1 Å². The van der Waals surface area contributed by atoms with Crippen LogP contribution in [-0.2, 0) is 21.0 Å². The van der Waals surface area contributed by atoms with Gasteiger partial charge in [0, 0.05) is 0 Å². The first-order valence-electron chi connectivity index (χ1n) is 5.62. The van der Waals surface area contributed by atoms with E-state index in [2.05, 4.69) is 47.1 Å². The van der Waals surface area contributed by atoms with Gasteiger partial charge in [-0.05, 0) is 0 Å². The van der Waals surface area contributed by atoms with Crippen LogP contribution in [0.15, 0.2) is 43.1 Å². The van der Waals surface area contributed by atoms with E-state index in [4.69, 9.17) is 10.2 Å². The standard InChI is InChI=1S/2C5H5.C2H4.2CH3O.Hf/c2*1-2-4-5-3-1;3*1-2;/h2*1-3H,4H2;1H,2H3;2*1H3;/q;;;2*-1;+2. The van der Waals surface area contributed by atoms with E-state index in [0.29, 0.717) is 0 Å². The molecule has 2 aliphatic rings. The smallest absolute Gasteiger partial charge is 0.153 e. The summed E-state index contributed by atoms with van der Waals surface area (Å²) in [6.07, 6.45) is 16.1. The van der Waals surface area contributed by atoms with Crippen LogP contribution in [-0.4, -0.2) is 18.0 Å². The fraction of sp³-hybridized carbons (Fsp3) is 0.357. The molecule has 0 saturated carbocycles. The van der Waals surface area contributed by atoms with Gasteiger partial charge in [0.1, 0.15) is 0 Å². The van der Waals surface area contributed by atoms with Crippen molar-refractivity contribution < 1.29 is 31.2 Å². The molecule has 2 nitrogen and oxygen atoms in total. The molecule has 0 amide bonds. The van der Waals surface area contributed by atoms with Crippen molar-refractivity contribution in [3.8, 4) is 0 Å². The SMILES string of the molecule is C[CH]=[Hf+2]([C]1=CC=CC1)[C]1=CC=CC1.C[O-].C[O-]. The second kappa shape index (κ2) is 10.8. The van der Waals surface area contributed by atoms with Crippen LogP contribution in [0.4, 0.5) is 0 Å². The van der Waals surface area contributed by atoms with Crippen LogP contribution in [0.2, 0.25) is 0 Å². The van der Waals surface area contributed by atoms with Gasteiger partial charge in [-0.3, -0.25) is 0 Å². The Morgan fingerprint density at radius 1 is 0.941 bits per heavy atom. The molecule has 17 heavy (non-hydrogen) atoms. The van der Waals surface area contributed by atoms with E-state index < -0.39 is 21.0 Å². The molecular formula is C14H20HfO2. The molecule has 0 heterocycles. The summed E-state index contributed by atoms with van der Waals surface area (Å²) < 4.78 is 6.02. The predicted molar refractivity (Wildman–Crippen MR) is 67.3 cm³/mol. The van der Waals surface area contributed by atoms with Gasteiger partial charge in [-0.1, -0.05) is 0 Å². The molecule has 3 heteroatoms. The summed E-state index contributed by atoms with van der Waals surface area (Å²) in [4.78, 5) is 0. The molecule has 0 unspecified atom stereocenters. The maximum atomic E-state index is 8.25. The Hall–Kier alpha value is -0.380. The normalized spacial score (nSPS) is 14.6. The third kappa shape index (κ3) is 5.19. The Bertz CT molecular complexity index is 328. The molecular weight excluding hydrogens is 379 g/mol. The molecule has 0 radical (unpaired) electrons. The van der Waals surface area contributed by atoms with Crippen molar-refractivity contribution in [3.63, 3.8) is 0 Å². The Labute approximate surface area is 112 Å². The Kier molecular flexibility index (Phi) is 10.5. The van der Waals surface area contributed by atoms with Gasteiger partial charge in [0.15, 0.2) is 0 Å². The number of allylic oxidation sites excluding steroid dienone is 8. The molecule has 0 N–H and O–H groups in total. The minimum atomic E-state index is -1.60. The third-order valence-electron chi connectivity index (χ3n) is 2.52. The molecule has 0 aromatic heterocycles. The van der Waals surface area contributed by atoms with Crippen molar-refractivity contribution in [2.75, 3.05) is 14.2 Å². The monoisotopic (exact) mass is 400 g/mol. The van der Waals surface area contributed by atoms with Gasteiger partial charge >= 0.3 is 87.6 Å². The number of hydrogen-bond donors (Lipinski definition) is 0. The summed E-state index contributed by atoms with van der Waals surface area (Å²) in [5.41, 5.74) is 0. The van der Waals surface area contributed by atoms with Crippen molar-refractivity contribution in [2.24, 2.45) is 0 Å². The summed E-state index contributed by atoms with van der Waals surface area (Å²) >= 11 is -1.60. The average Bonchev–Trinajstić information content (AvgIpc) is 3.08. The Balaban J connectivity index is 0.000000581. The molecule has 92 valence electrons. The summed E-state index contributed by atoms with van der Waals surface area (Å²) in [6, 6.07) is 0. The molecule has 0 aliphatic heterocycles. The number of rotatable bonds is 2. The Morgan fingerprint density at radius 2 is 1.35 bits per heavy atom. The van der Waals surface area contributed by atoms with Gasteiger partial charge in [-0.2, -0.15) is 14.2 Å². The number of hydrogen-bond acceptors (Lipinski definition) is 2. The van der Waals surface area contributed by atoms with Crippen LogP contribution in [0.1, 0.15) is 19.8 Å². The van der Waals surface area contributed by atoms with E-state index in [-0.39, 0.29) is 0 Å². The quantitative estimate of drug-likeness (QED) is 0.653. The van der Waals surface area contributed by atoms with E-state index in [1.165, 1.54) is 12.8 Å². The molecule has 0 saturated heterocycles. The van der Waals surface area contributed by atoms with Crippen LogP contribution in [0.25, 0.3) is 0 Å². The summed E-state index contributed by atoms with van der Waals surface area (Å²) in [5, 5.41) is 16.5. The fourth-order valence-corrected chi connectivity index (χ4v) is 10.4. The zero-order chi connectivity index (χ0) is 13.1. The van der Waals surface area contributed by atoms with Crippen LogP contribution < -0.4 is 10.2 Å². The Morgan fingerprint density at radius 3 is 1.59 bits per heavy atom. The first kappa shape index (κ1) is 16.6. The summed E-state index contributed by atoms with van der Waals surface area (Å²) in [5.74, 6) is 0. The minimum absolute atomic E-state index is 0.750. The van der Waals surface area contributed by atoms with Crippen LogP contribution in [0.5, 0.6) is 0 Å². The molecule has 0 spiro atoms. The maximum absolute atomic E-state index is 8.25. The van der Waals surface area contributed by atoms with Gasteiger partial charge in [0.05, 0.1) is 0 Å². The van der Waals surface area contributed by atoms with Crippen LogP contribution in [0, 0.1) is 0 Å². The molecule has 0 atom stereocenters. The molecule has 0 bridgehead atoms. The van der Waals surface area contributed by atoms with Gasteiger partial charge in [-0.15, -0.1) is 0 Å². The summed E-state index contributed by atoms with van der Waals surface area (Å²) in [6.45, 7) is 2.25. The van der Waals surface area contributed by atoms with E-state index in [1.54, 1.807) is 6.66 Å². The van der Waals surface area contributed by atoms with Crippen LogP contribution in [0.3, 0.4) is 0 Å². The van der Waals surface area contributed by atoms with E-state index in [9.17, 15) is 0 Å². The molecule has 2 rings (SSSR count). The zero-order valence-corrected chi connectivity index (χ0v) is 14.4. The largest absolute Gasteiger partial charge is 0.857 e. The van der Waals surface area contributed by atoms with E-state index in [1.807, 2.05) is 0 Å². The minimum Gasteiger partial charge on any atom is -0.857 e. The van der Waals surface area contributed by atoms with Gasteiger partial charge < -0.3 is 10.2 Å². The zero-order valence-electron chi connectivity index (χ0n) is 10.8. The first-order chi connectivity index (χ1) is 8.42. The second-order valence-electron chi connectivity index (χ2n) is 3.35. The summed E-state index contributed by atoms with van der Waals surface area (Å²) in [7, 11) is 1.50. The van der Waals surface area contributed by atoms with Crippen molar-refractivity contribution in [1.82, 2.24) is 0 Å². The second-order valence-corrected chi connectivity index (χ2v) is 13.0. The van der Waals surface area contributed by atoms with Gasteiger partial charge in [0.2, 0.25) is 0 Å². The van der Waals surface area contributed by atoms with E-state index in [0.717, 1.165) is 14.2 Å². The van der Waals surface area contributed by atoms with Crippen molar-refractivity contribution >= 4 is 3.76 Å². The van der Waals surface area contributed by atoms with Crippen molar-refractivity contribution in [1.29, 1.82) is 0 Å². The van der Waals surface area contributed by atoms with Gasteiger partial charge in [-0.25, -0.2) is 0 Å². The molecule has 0 fully saturated rings. The maximum Gasteiger partial charge on any atom is -0.153 e. The average molecular weight is 399 g/mol. The first-order valence-corrected chi connectivity index (χ1v) is 11.3. The topological polar surface area (TPSA) is 46.1 Å². The van der Waals surface area contributed by atoms with Gasteiger partial charge in [0.25, 0.3) is 0 Å². The third-order valence-corrected chi connectivity index (χ3v) is 12.2.